The molecule has 0 nitrogen and oxygen atoms in total. The van der Waals surface area contributed by atoms with Crippen LogP contribution in [0.3, 0.4) is 0 Å². The van der Waals surface area contributed by atoms with Gasteiger partial charge < -0.3 is 0 Å². The molecule has 70 valence electrons. The lowest BCUT2D eigenvalue weighted by molar-refractivity contribution is 0.758. The van der Waals surface area contributed by atoms with Crippen molar-refractivity contribution in [3.8, 4) is 0 Å². The number of rotatable bonds is 3. The van der Waals surface area contributed by atoms with Crippen LogP contribution in [0.5, 0.6) is 0 Å². The predicted molar refractivity (Wildman–Crippen MR) is 58.9 cm³/mol. The first-order valence-electron chi connectivity index (χ1n) is 4.97. The summed E-state index contributed by atoms with van der Waals surface area (Å²) in [6.07, 6.45) is 3.39. The molecule has 0 saturated heterocycles. The van der Waals surface area contributed by atoms with Crippen molar-refractivity contribution < 1.29 is 0 Å². The number of allylic oxidation sites excluding steroid dienone is 2. The lowest BCUT2D eigenvalue weighted by atomic mass is 9.90. The van der Waals surface area contributed by atoms with Crippen LogP contribution in [0.4, 0.5) is 0 Å². The second kappa shape index (κ2) is 4.86. The number of benzene rings is 1. The van der Waals surface area contributed by atoms with Gasteiger partial charge >= 0.3 is 0 Å². The molecule has 1 atom stereocenters. The Hall–Kier alpha value is -1.04. The van der Waals surface area contributed by atoms with Gasteiger partial charge in [-0.1, -0.05) is 48.9 Å². The van der Waals surface area contributed by atoms with E-state index >= 15 is 0 Å². The first kappa shape index (κ1) is 10.0. The highest BCUT2D eigenvalue weighted by atomic mass is 14.1. The zero-order valence-electron chi connectivity index (χ0n) is 8.75. The molecule has 0 spiro atoms. The van der Waals surface area contributed by atoms with Gasteiger partial charge in [0.1, 0.15) is 0 Å². The lowest BCUT2D eigenvalue weighted by Crippen LogP contribution is -1.98. The summed E-state index contributed by atoms with van der Waals surface area (Å²) in [6, 6.07) is 10.7. The van der Waals surface area contributed by atoms with E-state index in [1.54, 1.807) is 0 Å². The maximum absolute atomic E-state index is 2.24. The monoisotopic (exact) mass is 174 g/mol. The molecule has 0 saturated carbocycles. The summed E-state index contributed by atoms with van der Waals surface area (Å²) in [6.45, 7) is 6.56. The quantitative estimate of drug-likeness (QED) is 0.604. The molecule has 0 heterocycles. The van der Waals surface area contributed by atoms with E-state index in [0.717, 1.165) is 0 Å². The third kappa shape index (κ3) is 2.45. The molecule has 0 aromatic heterocycles. The minimum absolute atomic E-state index is 0.603. The molecule has 0 amide bonds. The van der Waals surface area contributed by atoms with Crippen molar-refractivity contribution in [2.75, 3.05) is 0 Å². The van der Waals surface area contributed by atoms with Crippen LogP contribution in [0.15, 0.2) is 42.0 Å². The van der Waals surface area contributed by atoms with Crippen LogP contribution in [0, 0.1) is 0 Å². The third-order valence-electron chi connectivity index (χ3n) is 2.62. The smallest absolute Gasteiger partial charge is 0.00426 e. The van der Waals surface area contributed by atoms with Gasteiger partial charge in [0.25, 0.3) is 0 Å². The van der Waals surface area contributed by atoms with Gasteiger partial charge in [0, 0.05) is 5.92 Å². The van der Waals surface area contributed by atoms with Crippen LogP contribution < -0.4 is 0 Å². The van der Waals surface area contributed by atoms with Crippen molar-refractivity contribution in [1.29, 1.82) is 0 Å². The lowest BCUT2D eigenvalue weighted by Gasteiger charge is -2.15. The molecule has 0 fully saturated rings. The van der Waals surface area contributed by atoms with E-state index in [0.29, 0.717) is 5.92 Å². The highest BCUT2D eigenvalue weighted by molar-refractivity contribution is 5.27. The maximum Gasteiger partial charge on any atom is 0.00426 e. The molecule has 0 N–H and O–H groups in total. The third-order valence-corrected chi connectivity index (χ3v) is 2.62. The molecule has 13 heavy (non-hydrogen) atoms. The summed E-state index contributed by atoms with van der Waals surface area (Å²) in [5.41, 5.74) is 2.90. The highest BCUT2D eigenvalue weighted by Crippen LogP contribution is 2.26. The first-order chi connectivity index (χ1) is 6.29. The van der Waals surface area contributed by atoms with Gasteiger partial charge in [0.15, 0.2) is 0 Å². The highest BCUT2D eigenvalue weighted by Gasteiger charge is 2.09. The fraction of sp³-hybridized carbons (Fsp3) is 0.385. The van der Waals surface area contributed by atoms with Gasteiger partial charge in [-0.3, -0.25) is 0 Å². The largest absolute Gasteiger partial charge is 0.0881 e. The first-order valence-corrected chi connectivity index (χ1v) is 4.97. The van der Waals surface area contributed by atoms with Crippen LogP contribution in [0.1, 0.15) is 38.7 Å². The Kier molecular flexibility index (Phi) is 3.75. The molecular formula is C13H18. The van der Waals surface area contributed by atoms with E-state index in [-0.39, 0.29) is 0 Å². The molecule has 0 aliphatic carbocycles. The molecule has 1 aromatic rings. The van der Waals surface area contributed by atoms with Gasteiger partial charge in [-0.2, -0.15) is 0 Å². The zero-order valence-corrected chi connectivity index (χ0v) is 8.75. The minimum Gasteiger partial charge on any atom is -0.0881 e. The van der Waals surface area contributed by atoms with Crippen molar-refractivity contribution >= 4 is 0 Å². The van der Waals surface area contributed by atoms with Crippen molar-refractivity contribution in [1.82, 2.24) is 0 Å². The molecule has 1 unspecified atom stereocenters. The van der Waals surface area contributed by atoms with Crippen LogP contribution in [0.25, 0.3) is 0 Å². The Morgan fingerprint density at radius 1 is 1.31 bits per heavy atom. The van der Waals surface area contributed by atoms with E-state index in [9.17, 15) is 0 Å². The van der Waals surface area contributed by atoms with Crippen LogP contribution in [-0.2, 0) is 0 Å². The van der Waals surface area contributed by atoms with E-state index in [2.05, 4.69) is 57.2 Å². The Balaban J connectivity index is 2.91. The molecule has 0 aliphatic rings. The van der Waals surface area contributed by atoms with Crippen LogP contribution >= 0.6 is 0 Å². The molecular weight excluding hydrogens is 156 g/mol. The van der Waals surface area contributed by atoms with Crippen molar-refractivity contribution in [2.24, 2.45) is 0 Å². The molecule has 0 aliphatic heterocycles. The normalized spacial score (nSPS) is 14.2. The van der Waals surface area contributed by atoms with Gasteiger partial charge in [0.05, 0.1) is 0 Å². The van der Waals surface area contributed by atoms with Crippen LogP contribution in [-0.4, -0.2) is 0 Å². The van der Waals surface area contributed by atoms with Crippen molar-refractivity contribution in [3.05, 3.63) is 47.5 Å². The SMILES string of the molecule is CC=C(C)C(CC)c1ccccc1. The Morgan fingerprint density at radius 2 is 1.92 bits per heavy atom. The number of hydrogen-bond acceptors (Lipinski definition) is 0. The van der Waals surface area contributed by atoms with E-state index in [4.69, 9.17) is 0 Å². The van der Waals surface area contributed by atoms with Crippen LogP contribution in [0.2, 0.25) is 0 Å². The molecule has 0 bridgehead atoms. The van der Waals surface area contributed by atoms with E-state index < -0.39 is 0 Å². The fourth-order valence-corrected chi connectivity index (χ4v) is 1.71. The molecule has 0 heteroatoms. The average Bonchev–Trinajstić information content (AvgIpc) is 2.20. The summed E-state index contributed by atoms with van der Waals surface area (Å²) in [5.74, 6) is 0.603. The summed E-state index contributed by atoms with van der Waals surface area (Å²) in [4.78, 5) is 0. The van der Waals surface area contributed by atoms with Gasteiger partial charge in [0.2, 0.25) is 0 Å². The fourth-order valence-electron chi connectivity index (χ4n) is 1.71. The Bertz CT molecular complexity index is 269. The Morgan fingerprint density at radius 3 is 2.38 bits per heavy atom. The van der Waals surface area contributed by atoms with Crippen molar-refractivity contribution in [3.63, 3.8) is 0 Å². The maximum atomic E-state index is 2.24. The van der Waals surface area contributed by atoms with Crippen molar-refractivity contribution in [2.45, 2.75) is 33.1 Å². The Labute approximate surface area is 81.3 Å². The average molecular weight is 174 g/mol. The van der Waals surface area contributed by atoms with Gasteiger partial charge in [-0.05, 0) is 25.8 Å². The minimum atomic E-state index is 0.603. The summed E-state index contributed by atoms with van der Waals surface area (Å²) in [7, 11) is 0. The summed E-state index contributed by atoms with van der Waals surface area (Å²) < 4.78 is 0. The predicted octanol–water partition coefficient (Wildman–Crippen LogP) is 4.15. The zero-order chi connectivity index (χ0) is 9.68. The molecule has 1 aromatic carbocycles. The van der Waals surface area contributed by atoms with Gasteiger partial charge in [-0.25, -0.2) is 0 Å². The summed E-state index contributed by atoms with van der Waals surface area (Å²) >= 11 is 0. The van der Waals surface area contributed by atoms with E-state index in [1.165, 1.54) is 17.6 Å². The standard InChI is InChI=1S/C13H18/c1-4-11(3)13(5-2)12-9-7-6-8-10-12/h4,6-10,13H,5H2,1-3H3. The summed E-state index contributed by atoms with van der Waals surface area (Å²) in [5, 5.41) is 0. The molecule has 0 radical (unpaired) electrons. The number of hydrogen-bond donors (Lipinski definition) is 0. The van der Waals surface area contributed by atoms with Gasteiger partial charge in [-0.15, -0.1) is 0 Å². The second-order valence-electron chi connectivity index (χ2n) is 3.40. The molecule has 1 rings (SSSR count). The topological polar surface area (TPSA) is 0 Å². The van der Waals surface area contributed by atoms with E-state index in [1.807, 2.05) is 0 Å². The second-order valence-corrected chi connectivity index (χ2v) is 3.40.